The lowest BCUT2D eigenvalue weighted by Crippen LogP contribution is -3.00. The molecule has 2 unspecified atom stereocenters. The van der Waals surface area contributed by atoms with Crippen LogP contribution in [0.1, 0.15) is 5.56 Å². The van der Waals surface area contributed by atoms with Crippen LogP contribution in [0.25, 0.3) is 0 Å². The third kappa shape index (κ3) is 10.7. The third-order valence-electron chi connectivity index (χ3n) is 0.940. The third-order valence-corrected chi connectivity index (χ3v) is 0.940. The Kier molecular flexibility index (Phi) is 27.2. The first-order valence-corrected chi connectivity index (χ1v) is 2.41. The summed E-state index contributed by atoms with van der Waals surface area (Å²) in [5.74, 6) is 0. The predicted molar refractivity (Wildman–Crippen MR) is 56.2 cm³/mol. The van der Waals surface area contributed by atoms with Crippen molar-refractivity contribution in [1.82, 2.24) is 0 Å². The summed E-state index contributed by atoms with van der Waals surface area (Å²) in [4.78, 5) is 0. The topological polar surface area (TPSA) is 0 Å². The number of benzene rings is 1. The largest absolute Gasteiger partial charge is 1.00 e. The van der Waals surface area contributed by atoms with Crippen LogP contribution < -0.4 is 24.8 Å². The molecule has 0 aromatic heterocycles. The summed E-state index contributed by atoms with van der Waals surface area (Å²) in [6, 6.07) is 10.3. The van der Waals surface area contributed by atoms with E-state index in [1.165, 1.54) is 5.56 Å². The summed E-state index contributed by atoms with van der Waals surface area (Å²) in [6.07, 6.45) is 0. The fourth-order valence-electron chi connectivity index (χ4n) is 0.534. The summed E-state index contributed by atoms with van der Waals surface area (Å²) >= 11 is 0. The van der Waals surface area contributed by atoms with Crippen molar-refractivity contribution in [1.29, 1.82) is 0 Å². The number of hydrogen-bond acceptors (Lipinski definition) is 0. The molecule has 1 aromatic rings. The van der Waals surface area contributed by atoms with Crippen molar-refractivity contribution in [2.75, 3.05) is 0 Å². The van der Waals surface area contributed by atoms with Gasteiger partial charge in [0.05, 0.1) is 0 Å². The molecule has 4 heteroatoms. The average molecular weight is 233 g/mol. The molecule has 0 aliphatic rings. The summed E-state index contributed by atoms with van der Waals surface area (Å²) in [5, 5.41) is 0. The monoisotopic (exact) mass is 232 g/mol. The van der Waals surface area contributed by atoms with Crippen LogP contribution in [0.15, 0.2) is 30.3 Å². The number of halogens is 2. The van der Waals surface area contributed by atoms with Crippen LogP contribution in [0, 0.1) is 6.92 Å². The van der Waals surface area contributed by atoms with Gasteiger partial charge in [-0.3, -0.25) is 0 Å². The van der Waals surface area contributed by atoms with Crippen molar-refractivity contribution in [2.45, 2.75) is 6.92 Å². The van der Waals surface area contributed by atoms with Gasteiger partial charge in [-0.2, -0.15) is 0 Å². The molecule has 1 aromatic carbocycles. The lowest BCUT2D eigenvalue weighted by Gasteiger charge is -1.82. The molecule has 0 radical (unpaired) electrons. The van der Waals surface area contributed by atoms with Gasteiger partial charge >= 0.3 is 0 Å². The number of rotatable bonds is 0. The van der Waals surface area contributed by atoms with Gasteiger partial charge in [-0.25, -0.2) is 0 Å². The molecular weight excluding hydrogens is 217 g/mol. The average Bonchev–Trinajstić information content (AvgIpc) is 1.69. The van der Waals surface area contributed by atoms with Crippen molar-refractivity contribution in [2.24, 2.45) is 0 Å². The van der Waals surface area contributed by atoms with E-state index in [2.05, 4.69) is 19.1 Å². The summed E-state index contributed by atoms with van der Waals surface area (Å²) in [6.45, 7) is 2.08. The molecule has 0 spiro atoms. The van der Waals surface area contributed by atoms with Crippen LogP contribution in [0.2, 0.25) is 0 Å². The molecule has 0 N–H and O–H groups in total. The lowest BCUT2D eigenvalue weighted by atomic mass is 10.2. The maximum absolute atomic E-state index is 2.08. The summed E-state index contributed by atoms with van der Waals surface area (Å²) in [7, 11) is 0. The fraction of sp³-hybridized carbons (Fsp3) is 0.143. The van der Waals surface area contributed by atoms with E-state index in [9.17, 15) is 0 Å². The molecule has 0 heterocycles. The minimum absolute atomic E-state index is 0. The van der Waals surface area contributed by atoms with Crippen LogP contribution in [0.3, 0.4) is 0 Å². The Morgan fingerprint density at radius 3 is 1.36 bits per heavy atom. The molecular formula is C7H16Cl2P2. The minimum Gasteiger partial charge on any atom is -1.00 e. The molecule has 0 fully saturated rings. The SMILES string of the molecule is Cc1ccccc1.[Cl-].[Cl-].[PH4+].[PH4+]. The van der Waals surface area contributed by atoms with E-state index in [-0.39, 0.29) is 44.6 Å². The quantitative estimate of drug-likeness (QED) is 0.397. The van der Waals surface area contributed by atoms with E-state index in [1.807, 2.05) is 18.2 Å². The first-order valence-electron chi connectivity index (χ1n) is 2.41. The van der Waals surface area contributed by atoms with Gasteiger partial charge in [0.2, 0.25) is 0 Å². The number of hydrogen-bond donors (Lipinski definition) is 0. The summed E-state index contributed by atoms with van der Waals surface area (Å²) in [5.41, 5.74) is 1.32. The van der Waals surface area contributed by atoms with Gasteiger partial charge in [-0.05, 0) is 26.7 Å². The molecule has 0 bridgehead atoms. The molecule has 0 nitrogen and oxygen atoms in total. The van der Waals surface area contributed by atoms with Gasteiger partial charge in [-0.15, -0.1) is 0 Å². The van der Waals surface area contributed by atoms with E-state index in [4.69, 9.17) is 0 Å². The predicted octanol–water partition coefficient (Wildman–Crippen LogP) is -4.42. The van der Waals surface area contributed by atoms with Gasteiger partial charge in [0.1, 0.15) is 0 Å². The Morgan fingerprint density at radius 2 is 1.18 bits per heavy atom. The Balaban J connectivity index is -0.0000000612. The molecule has 0 saturated carbocycles. The molecule has 0 amide bonds. The second-order valence-corrected chi connectivity index (χ2v) is 1.65. The Morgan fingerprint density at radius 1 is 0.818 bits per heavy atom. The highest BCUT2D eigenvalue weighted by atomic mass is 35.5. The van der Waals surface area contributed by atoms with Crippen molar-refractivity contribution in [3.05, 3.63) is 35.9 Å². The highest BCUT2D eigenvalue weighted by Gasteiger charge is 1.72. The van der Waals surface area contributed by atoms with Crippen LogP contribution in [-0.4, -0.2) is 0 Å². The second kappa shape index (κ2) is 13.3. The fourth-order valence-corrected chi connectivity index (χ4v) is 0.534. The lowest BCUT2D eigenvalue weighted by molar-refractivity contribution is -0.001000. The number of aryl methyl sites for hydroxylation is 1. The second-order valence-electron chi connectivity index (χ2n) is 1.65. The van der Waals surface area contributed by atoms with E-state index >= 15 is 0 Å². The molecule has 68 valence electrons. The zero-order valence-corrected chi connectivity index (χ0v) is 12.7. The normalized spacial score (nSPS) is 5.55. The first kappa shape index (κ1) is 22.6. The molecule has 0 aliphatic heterocycles. The zero-order valence-electron chi connectivity index (χ0n) is 7.14. The minimum atomic E-state index is 0. The van der Waals surface area contributed by atoms with Crippen LogP contribution in [0.4, 0.5) is 0 Å². The van der Waals surface area contributed by atoms with E-state index in [1.54, 1.807) is 0 Å². The Hall–Kier alpha value is 0.660. The molecule has 1 rings (SSSR count). The van der Waals surface area contributed by atoms with Crippen molar-refractivity contribution >= 4 is 19.8 Å². The smallest absolute Gasteiger partial charge is 0.0395 e. The first-order chi connectivity index (χ1) is 3.39. The van der Waals surface area contributed by atoms with E-state index in [0.29, 0.717) is 0 Å². The summed E-state index contributed by atoms with van der Waals surface area (Å²) < 4.78 is 0. The molecule has 2 atom stereocenters. The Labute approximate surface area is 87.6 Å². The maximum atomic E-state index is 2.08. The van der Waals surface area contributed by atoms with E-state index in [0.717, 1.165) is 0 Å². The molecule has 0 aliphatic carbocycles. The highest BCUT2D eigenvalue weighted by molar-refractivity contribution is 6.92. The van der Waals surface area contributed by atoms with Gasteiger partial charge in [0.15, 0.2) is 0 Å². The van der Waals surface area contributed by atoms with Gasteiger partial charge in [0.25, 0.3) is 0 Å². The van der Waals surface area contributed by atoms with Crippen molar-refractivity contribution in [3.63, 3.8) is 0 Å². The van der Waals surface area contributed by atoms with Crippen LogP contribution >= 0.6 is 19.8 Å². The van der Waals surface area contributed by atoms with Crippen LogP contribution in [-0.2, 0) is 0 Å². The van der Waals surface area contributed by atoms with Gasteiger partial charge in [0, 0.05) is 0 Å². The molecule has 0 saturated heterocycles. The standard InChI is InChI=1S/C7H8.2ClH.2H3P/c1-7-5-3-2-4-6-7;;;;/h2-6H,1H3;2*1H;2*1H3. The van der Waals surface area contributed by atoms with Gasteiger partial charge in [-0.1, -0.05) is 35.9 Å². The van der Waals surface area contributed by atoms with E-state index < -0.39 is 0 Å². The highest BCUT2D eigenvalue weighted by Crippen LogP contribution is 1.92. The van der Waals surface area contributed by atoms with Crippen molar-refractivity contribution < 1.29 is 24.8 Å². The maximum Gasteiger partial charge on any atom is -0.0395 e. The van der Waals surface area contributed by atoms with Crippen molar-refractivity contribution in [3.8, 4) is 0 Å². The Bertz CT molecular complexity index is 144. The molecule has 11 heavy (non-hydrogen) atoms. The van der Waals surface area contributed by atoms with Crippen LogP contribution in [0.5, 0.6) is 0 Å². The van der Waals surface area contributed by atoms with Gasteiger partial charge < -0.3 is 24.8 Å². The zero-order chi connectivity index (χ0) is 5.11.